The molecule has 33 heavy (non-hydrogen) atoms. The molecule has 0 fully saturated rings. The minimum atomic E-state index is -0.375. The van der Waals surface area contributed by atoms with Crippen molar-refractivity contribution in [3.63, 3.8) is 0 Å². The number of anilines is 1. The van der Waals surface area contributed by atoms with Gasteiger partial charge in [0.25, 0.3) is 11.5 Å². The predicted molar refractivity (Wildman–Crippen MR) is 131 cm³/mol. The lowest BCUT2D eigenvalue weighted by Crippen LogP contribution is -2.24. The summed E-state index contributed by atoms with van der Waals surface area (Å²) < 4.78 is 7.76. The Morgan fingerprint density at radius 1 is 1.15 bits per heavy atom. The maximum absolute atomic E-state index is 13.1. The van der Waals surface area contributed by atoms with Gasteiger partial charge in [-0.2, -0.15) is 0 Å². The average Bonchev–Trinajstić information content (AvgIpc) is 3.37. The smallest absolute Gasteiger partial charge is 0.266 e. The molecule has 0 radical (unpaired) electrons. The highest BCUT2D eigenvalue weighted by atomic mass is 79.9. The van der Waals surface area contributed by atoms with Crippen LogP contribution in [0.5, 0.6) is 0 Å². The third-order valence-electron chi connectivity index (χ3n) is 5.22. The summed E-state index contributed by atoms with van der Waals surface area (Å²) in [6, 6.07) is 16.2. The number of nitrogens with zero attached hydrogens (tertiary/aromatic N) is 2. The first-order valence-electron chi connectivity index (χ1n) is 9.98. The highest BCUT2D eigenvalue weighted by Gasteiger charge is 2.21. The van der Waals surface area contributed by atoms with Crippen LogP contribution in [0.2, 0.25) is 0 Å². The van der Waals surface area contributed by atoms with E-state index in [-0.39, 0.29) is 29.6 Å². The number of aryl methyl sites for hydroxylation is 1. The van der Waals surface area contributed by atoms with Crippen LogP contribution in [0.15, 0.2) is 74.6 Å². The number of Topliss-reactive ketones (excluding diaryl/α,β-unsaturated/α-hetero) is 1. The van der Waals surface area contributed by atoms with Crippen LogP contribution in [0.25, 0.3) is 21.2 Å². The van der Waals surface area contributed by atoms with E-state index in [0.29, 0.717) is 31.9 Å². The number of para-hydroxylation sites is 1. The highest BCUT2D eigenvalue weighted by Crippen LogP contribution is 2.28. The van der Waals surface area contributed by atoms with Gasteiger partial charge >= 0.3 is 0 Å². The van der Waals surface area contributed by atoms with E-state index in [2.05, 4.69) is 26.2 Å². The molecule has 1 amide bonds. The Morgan fingerprint density at radius 2 is 1.94 bits per heavy atom. The number of amides is 1. The Balaban J connectivity index is 1.45. The summed E-state index contributed by atoms with van der Waals surface area (Å²) in [6.45, 7) is 1.49. The first kappa shape index (κ1) is 21.3. The topological polar surface area (TPSA) is 94.2 Å². The van der Waals surface area contributed by atoms with Crippen molar-refractivity contribution in [1.29, 1.82) is 0 Å². The molecule has 0 bridgehead atoms. The van der Waals surface area contributed by atoms with Gasteiger partial charge < -0.3 is 9.73 Å². The van der Waals surface area contributed by atoms with Crippen LogP contribution in [0.3, 0.4) is 0 Å². The summed E-state index contributed by atoms with van der Waals surface area (Å²) in [7, 11) is 0. The van der Waals surface area contributed by atoms with Crippen LogP contribution in [0, 0.1) is 6.92 Å². The Morgan fingerprint density at radius 3 is 2.73 bits per heavy atom. The minimum absolute atomic E-state index is 0.167. The van der Waals surface area contributed by atoms with E-state index >= 15 is 0 Å². The lowest BCUT2D eigenvalue weighted by Gasteiger charge is -2.04. The van der Waals surface area contributed by atoms with E-state index in [4.69, 9.17) is 4.42 Å². The molecule has 0 saturated heterocycles. The fraction of sp³-hybridized carbons (Fsp3) is 0.0833. The van der Waals surface area contributed by atoms with E-state index in [9.17, 15) is 14.4 Å². The van der Waals surface area contributed by atoms with Crippen molar-refractivity contribution in [2.75, 3.05) is 5.32 Å². The molecule has 164 valence electrons. The van der Waals surface area contributed by atoms with Gasteiger partial charge in [0, 0.05) is 15.5 Å². The lowest BCUT2D eigenvalue weighted by atomic mass is 10.2. The van der Waals surface area contributed by atoms with Crippen LogP contribution < -0.4 is 10.9 Å². The Kier molecular flexibility index (Phi) is 5.43. The SMILES string of the molecule is Cc1c(C(=O)Nc2ccccc2)sc2ncn(CC(=O)c3cc4cc(Br)ccc4o3)c(=O)c12. The van der Waals surface area contributed by atoms with Crippen molar-refractivity contribution in [3.05, 3.63) is 92.0 Å². The summed E-state index contributed by atoms with van der Waals surface area (Å²) >= 11 is 4.54. The van der Waals surface area contributed by atoms with E-state index in [1.54, 1.807) is 31.2 Å². The zero-order chi connectivity index (χ0) is 23.1. The van der Waals surface area contributed by atoms with Crippen LogP contribution >= 0.6 is 27.3 Å². The van der Waals surface area contributed by atoms with Gasteiger partial charge in [-0.1, -0.05) is 34.1 Å². The lowest BCUT2D eigenvalue weighted by molar-refractivity contribution is 0.0945. The molecule has 3 heterocycles. The number of carbonyl (C=O) groups is 2. The summed E-state index contributed by atoms with van der Waals surface area (Å²) in [6.07, 6.45) is 1.33. The molecule has 1 N–H and O–H groups in total. The molecule has 9 heteroatoms. The number of aromatic nitrogens is 2. The maximum Gasteiger partial charge on any atom is 0.266 e. The first-order valence-corrected chi connectivity index (χ1v) is 11.6. The zero-order valence-electron chi connectivity index (χ0n) is 17.3. The van der Waals surface area contributed by atoms with Gasteiger partial charge in [-0.05, 0) is 48.9 Å². The molecule has 0 unspecified atom stereocenters. The first-order chi connectivity index (χ1) is 15.9. The van der Waals surface area contributed by atoms with Gasteiger partial charge in [0.2, 0.25) is 5.78 Å². The number of benzene rings is 2. The molecule has 2 aromatic carbocycles. The van der Waals surface area contributed by atoms with Gasteiger partial charge in [0.15, 0.2) is 5.76 Å². The van der Waals surface area contributed by atoms with Crippen molar-refractivity contribution in [2.24, 2.45) is 0 Å². The monoisotopic (exact) mass is 521 g/mol. The number of halogens is 1. The number of thiophene rings is 1. The van der Waals surface area contributed by atoms with Gasteiger partial charge in [0.05, 0.1) is 23.1 Å². The molecule has 7 nitrogen and oxygen atoms in total. The van der Waals surface area contributed by atoms with Gasteiger partial charge in [0.1, 0.15) is 10.4 Å². The number of ketones is 1. The number of furan rings is 1. The maximum atomic E-state index is 13.1. The number of hydrogen-bond acceptors (Lipinski definition) is 6. The average molecular weight is 522 g/mol. The Hall–Kier alpha value is -3.56. The standard InChI is InChI=1S/C24H16BrN3O4S/c1-13-20-23(33-21(13)22(30)27-16-5-3-2-4-6-16)26-12-28(24(20)31)11-17(29)19-10-14-9-15(25)7-8-18(14)32-19/h2-10,12H,11H2,1H3,(H,27,30). The highest BCUT2D eigenvalue weighted by molar-refractivity contribution is 9.10. The van der Waals surface area contributed by atoms with Crippen molar-refractivity contribution in [3.8, 4) is 0 Å². The third-order valence-corrected chi connectivity index (χ3v) is 6.91. The van der Waals surface area contributed by atoms with Crippen molar-refractivity contribution in [1.82, 2.24) is 9.55 Å². The zero-order valence-corrected chi connectivity index (χ0v) is 19.7. The molecule has 5 aromatic rings. The second-order valence-corrected chi connectivity index (χ2v) is 9.36. The Bertz CT molecular complexity index is 1600. The Labute approximate surface area is 199 Å². The van der Waals surface area contributed by atoms with Crippen LogP contribution in [0.4, 0.5) is 5.69 Å². The van der Waals surface area contributed by atoms with Gasteiger partial charge in [-0.25, -0.2) is 4.98 Å². The fourth-order valence-corrected chi connectivity index (χ4v) is 5.00. The van der Waals surface area contributed by atoms with Crippen molar-refractivity contribution in [2.45, 2.75) is 13.5 Å². The molecular formula is C24H16BrN3O4S. The van der Waals surface area contributed by atoms with Crippen LogP contribution in [-0.4, -0.2) is 21.2 Å². The minimum Gasteiger partial charge on any atom is -0.453 e. The number of nitrogens with one attached hydrogen (secondary N) is 1. The summed E-state index contributed by atoms with van der Waals surface area (Å²) in [5.41, 5.74) is 1.41. The number of rotatable bonds is 5. The molecule has 0 saturated carbocycles. The molecule has 5 rings (SSSR count). The van der Waals surface area contributed by atoms with Crippen LogP contribution in [0.1, 0.15) is 25.8 Å². The normalized spacial score (nSPS) is 11.2. The van der Waals surface area contributed by atoms with Gasteiger partial charge in [-0.3, -0.25) is 19.0 Å². The van der Waals surface area contributed by atoms with E-state index in [1.807, 2.05) is 30.3 Å². The molecule has 3 aromatic heterocycles. The summed E-state index contributed by atoms with van der Waals surface area (Å²) in [5.74, 6) is -0.488. The number of carbonyl (C=O) groups excluding carboxylic acids is 2. The largest absolute Gasteiger partial charge is 0.453 e. The molecule has 0 aliphatic heterocycles. The second-order valence-electron chi connectivity index (χ2n) is 7.45. The molecular weight excluding hydrogens is 506 g/mol. The third kappa shape index (κ3) is 4.01. The van der Waals surface area contributed by atoms with Crippen molar-refractivity contribution >= 4 is 65.8 Å². The van der Waals surface area contributed by atoms with Crippen LogP contribution in [-0.2, 0) is 6.54 Å². The van der Waals surface area contributed by atoms with Gasteiger partial charge in [-0.15, -0.1) is 11.3 Å². The van der Waals surface area contributed by atoms with E-state index < -0.39 is 0 Å². The van der Waals surface area contributed by atoms with E-state index in [1.165, 1.54) is 10.9 Å². The molecule has 0 aliphatic rings. The predicted octanol–water partition coefficient (Wildman–Crippen LogP) is 5.41. The van der Waals surface area contributed by atoms with E-state index in [0.717, 1.165) is 21.2 Å². The molecule has 0 spiro atoms. The fourth-order valence-electron chi connectivity index (χ4n) is 3.58. The number of fused-ring (bicyclic) bond motifs is 2. The quantitative estimate of drug-likeness (QED) is 0.312. The summed E-state index contributed by atoms with van der Waals surface area (Å²) in [4.78, 5) is 43.9. The number of hydrogen-bond donors (Lipinski definition) is 1. The molecule has 0 aliphatic carbocycles. The molecule has 0 atom stereocenters. The summed E-state index contributed by atoms with van der Waals surface area (Å²) in [5, 5.41) is 3.95. The second kappa shape index (κ2) is 8.42. The van der Waals surface area contributed by atoms with Crippen molar-refractivity contribution < 1.29 is 14.0 Å².